The summed E-state index contributed by atoms with van der Waals surface area (Å²) in [5.41, 5.74) is 1.14. The highest BCUT2D eigenvalue weighted by Crippen LogP contribution is 2.32. The second kappa shape index (κ2) is 8.00. The van der Waals surface area contributed by atoms with Gasteiger partial charge < -0.3 is 20.6 Å². The van der Waals surface area contributed by atoms with Gasteiger partial charge in [-0.3, -0.25) is 4.79 Å². The number of halogens is 1. The lowest BCUT2D eigenvalue weighted by Crippen LogP contribution is -2.30. The molecule has 0 aliphatic carbocycles. The molecule has 2 aromatic carbocycles. The molecule has 1 aliphatic heterocycles. The van der Waals surface area contributed by atoms with Crippen molar-refractivity contribution >= 4 is 17.7 Å². The molecule has 1 atom stereocenters. The van der Waals surface area contributed by atoms with Crippen molar-refractivity contribution in [3.63, 3.8) is 0 Å². The van der Waals surface area contributed by atoms with Crippen LogP contribution in [0.1, 0.15) is 12.5 Å². The Bertz CT molecular complexity index is 1060. The van der Waals surface area contributed by atoms with Crippen molar-refractivity contribution in [1.82, 2.24) is 20.2 Å². The van der Waals surface area contributed by atoms with Crippen molar-refractivity contribution in [3.05, 3.63) is 53.8 Å². The number of nitrogen functional groups attached to an aromatic ring is 1. The normalized spacial score (nSPS) is 13.3. The van der Waals surface area contributed by atoms with Crippen LogP contribution in [0.2, 0.25) is 0 Å². The molecule has 0 saturated heterocycles. The number of carbonyl (C=O) groups excluding carboxylic acids is 1. The van der Waals surface area contributed by atoms with Crippen molar-refractivity contribution in [2.45, 2.75) is 23.9 Å². The quantitative estimate of drug-likeness (QED) is 0.470. The van der Waals surface area contributed by atoms with Gasteiger partial charge in [0.2, 0.25) is 17.9 Å². The molecular weight excluding hydrogens is 397 g/mol. The number of carbonyl (C=O) groups is 1. The van der Waals surface area contributed by atoms with Gasteiger partial charge >= 0.3 is 0 Å². The van der Waals surface area contributed by atoms with E-state index in [4.69, 9.17) is 15.3 Å². The third kappa shape index (κ3) is 3.97. The van der Waals surface area contributed by atoms with Crippen LogP contribution in [0.4, 0.5) is 4.39 Å². The number of fused-ring (bicyclic) bond motifs is 1. The number of benzene rings is 2. The third-order valence-electron chi connectivity index (χ3n) is 4.33. The van der Waals surface area contributed by atoms with E-state index in [9.17, 15) is 9.18 Å². The number of hydrogen-bond donors (Lipinski definition) is 2. The lowest BCUT2D eigenvalue weighted by atomic mass is 10.2. The van der Waals surface area contributed by atoms with Crippen LogP contribution in [-0.4, -0.2) is 32.8 Å². The standard InChI is InChI=1S/C19H18FN5O3S/c1-11(18(26)22-9-12-6-7-15-16(8-12)28-10-27-15)29-19-24-23-17(25(19)21)13-4-2-3-5-14(13)20/h2-8,11H,9-10,21H2,1H3,(H,22,26). The zero-order chi connectivity index (χ0) is 20.4. The van der Waals surface area contributed by atoms with E-state index in [0.29, 0.717) is 23.2 Å². The number of aromatic nitrogens is 3. The van der Waals surface area contributed by atoms with Gasteiger partial charge in [0.1, 0.15) is 5.82 Å². The molecule has 1 aliphatic rings. The largest absolute Gasteiger partial charge is 0.454 e. The highest BCUT2D eigenvalue weighted by molar-refractivity contribution is 8.00. The van der Waals surface area contributed by atoms with E-state index in [1.54, 1.807) is 25.1 Å². The Labute approximate surface area is 170 Å². The third-order valence-corrected chi connectivity index (χ3v) is 5.39. The number of amides is 1. The molecule has 4 rings (SSSR count). The van der Waals surface area contributed by atoms with Gasteiger partial charge in [0, 0.05) is 6.54 Å². The molecule has 0 fully saturated rings. The van der Waals surface area contributed by atoms with Gasteiger partial charge in [-0.25, -0.2) is 9.07 Å². The summed E-state index contributed by atoms with van der Waals surface area (Å²) in [6, 6.07) is 11.7. The molecule has 0 spiro atoms. The molecule has 1 unspecified atom stereocenters. The smallest absolute Gasteiger partial charge is 0.233 e. The van der Waals surface area contributed by atoms with Gasteiger partial charge in [-0.15, -0.1) is 10.2 Å². The maximum Gasteiger partial charge on any atom is 0.233 e. The topological polar surface area (TPSA) is 104 Å². The number of nitrogens with one attached hydrogen (secondary N) is 1. The molecule has 3 N–H and O–H groups in total. The first-order valence-corrected chi connectivity index (χ1v) is 9.69. The Balaban J connectivity index is 1.38. The number of ether oxygens (including phenoxy) is 2. The predicted octanol–water partition coefficient (Wildman–Crippen LogP) is 2.32. The molecule has 2 heterocycles. The number of thioether (sulfide) groups is 1. The Morgan fingerprint density at radius 1 is 1.28 bits per heavy atom. The Kier molecular flexibility index (Phi) is 5.26. The van der Waals surface area contributed by atoms with E-state index >= 15 is 0 Å². The molecule has 3 aromatic rings. The molecule has 1 aromatic heterocycles. The minimum Gasteiger partial charge on any atom is -0.454 e. The first-order valence-electron chi connectivity index (χ1n) is 8.81. The minimum absolute atomic E-state index is 0.192. The van der Waals surface area contributed by atoms with Gasteiger partial charge in [-0.05, 0) is 36.8 Å². The number of rotatable bonds is 6. The minimum atomic E-state index is -0.482. The van der Waals surface area contributed by atoms with Gasteiger partial charge in [-0.2, -0.15) is 0 Å². The summed E-state index contributed by atoms with van der Waals surface area (Å²) < 4.78 is 25.8. The lowest BCUT2D eigenvalue weighted by Gasteiger charge is -2.12. The summed E-state index contributed by atoms with van der Waals surface area (Å²) in [5.74, 6) is 6.93. The fourth-order valence-electron chi connectivity index (χ4n) is 2.78. The summed E-state index contributed by atoms with van der Waals surface area (Å²) >= 11 is 1.14. The number of nitrogens with zero attached hydrogens (tertiary/aromatic N) is 3. The Morgan fingerprint density at radius 3 is 2.90 bits per heavy atom. The maximum absolute atomic E-state index is 14.0. The van der Waals surface area contributed by atoms with E-state index in [-0.39, 0.29) is 24.1 Å². The van der Waals surface area contributed by atoms with Gasteiger partial charge in [0.05, 0.1) is 10.8 Å². The van der Waals surface area contributed by atoms with Crippen molar-refractivity contribution < 1.29 is 18.7 Å². The van der Waals surface area contributed by atoms with E-state index in [2.05, 4.69) is 15.5 Å². The summed E-state index contributed by atoms with van der Waals surface area (Å²) in [6.45, 7) is 2.28. The van der Waals surface area contributed by atoms with Gasteiger partial charge in [0.15, 0.2) is 17.3 Å². The highest BCUT2D eigenvalue weighted by atomic mass is 32.2. The van der Waals surface area contributed by atoms with Crippen LogP contribution in [0.3, 0.4) is 0 Å². The van der Waals surface area contributed by atoms with E-state index in [0.717, 1.165) is 17.3 Å². The number of nitrogens with two attached hydrogens (primary N) is 1. The van der Waals surface area contributed by atoms with Crippen molar-refractivity contribution in [2.24, 2.45) is 0 Å². The second-order valence-electron chi connectivity index (χ2n) is 6.32. The second-order valence-corrected chi connectivity index (χ2v) is 7.63. The SMILES string of the molecule is CC(Sc1nnc(-c2ccccc2F)n1N)C(=O)NCc1ccc2c(c1)OCO2. The molecule has 0 radical (unpaired) electrons. The maximum atomic E-state index is 14.0. The van der Waals surface area contributed by atoms with Crippen molar-refractivity contribution in [1.29, 1.82) is 0 Å². The zero-order valence-electron chi connectivity index (χ0n) is 15.5. The van der Waals surface area contributed by atoms with Gasteiger partial charge in [0.25, 0.3) is 0 Å². The fourth-order valence-corrected chi connectivity index (χ4v) is 3.57. The van der Waals surface area contributed by atoms with Crippen molar-refractivity contribution in [3.8, 4) is 22.9 Å². The lowest BCUT2D eigenvalue weighted by molar-refractivity contribution is -0.120. The average molecular weight is 415 g/mol. The van der Waals surface area contributed by atoms with Crippen LogP contribution in [0.5, 0.6) is 11.5 Å². The number of hydrogen-bond acceptors (Lipinski definition) is 7. The fraction of sp³-hybridized carbons (Fsp3) is 0.211. The predicted molar refractivity (Wildman–Crippen MR) is 105 cm³/mol. The monoisotopic (exact) mass is 415 g/mol. The van der Waals surface area contributed by atoms with Crippen LogP contribution < -0.4 is 20.6 Å². The van der Waals surface area contributed by atoms with Gasteiger partial charge in [-0.1, -0.05) is 30.0 Å². The highest BCUT2D eigenvalue weighted by Gasteiger charge is 2.21. The van der Waals surface area contributed by atoms with Crippen LogP contribution in [0, 0.1) is 5.82 Å². The van der Waals surface area contributed by atoms with E-state index in [1.165, 1.54) is 10.7 Å². The van der Waals surface area contributed by atoms with E-state index < -0.39 is 11.1 Å². The molecule has 29 heavy (non-hydrogen) atoms. The average Bonchev–Trinajstić information content (AvgIpc) is 3.33. The molecular formula is C19H18FN5O3S. The van der Waals surface area contributed by atoms with Crippen LogP contribution in [0.25, 0.3) is 11.4 Å². The summed E-state index contributed by atoms with van der Waals surface area (Å²) in [6.07, 6.45) is 0. The van der Waals surface area contributed by atoms with Crippen molar-refractivity contribution in [2.75, 3.05) is 12.6 Å². The Hall–Kier alpha value is -3.27. The van der Waals surface area contributed by atoms with Crippen LogP contribution in [0.15, 0.2) is 47.6 Å². The van der Waals surface area contributed by atoms with E-state index in [1.807, 2.05) is 18.2 Å². The first kappa shape index (κ1) is 19.1. The molecule has 10 heteroatoms. The molecule has 1 amide bonds. The summed E-state index contributed by atoms with van der Waals surface area (Å²) in [5, 5.41) is 10.6. The molecule has 0 bridgehead atoms. The molecule has 8 nitrogen and oxygen atoms in total. The van der Waals surface area contributed by atoms with Crippen LogP contribution >= 0.6 is 11.8 Å². The van der Waals surface area contributed by atoms with Crippen LogP contribution in [-0.2, 0) is 11.3 Å². The zero-order valence-corrected chi connectivity index (χ0v) is 16.3. The molecule has 0 saturated carbocycles. The molecule has 150 valence electrons. The first-order chi connectivity index (χ1) is 14.0. The summed E-state index contributed by atoms with van der Waals surface area (Å²) in [7, 11) is 0. The Morgan fingerprint density at radius 2 is 2.07 bits per heavy atom. The summed E-state index contributed by atoms with van der Waals surface area (Å²) in [4.78, 5) is 12.5.